The number of hydrogen-bond donors (Lipinski definition) is 2. The highest BCUT2D eigenvalue weighted by Gasteiger charge is 2.11. The zero-order valence-corrected chi connectivity index (χ0v) is 11.5. The first kappa shape index (κ1) is 12.5. The summed E-state index contributed by atoms with van der Waals surface area (Å²) in [6, 6.07) is 4.07. The molecule has 0 radical (unpaired) electrons. The van der Waals surface area contributed by atoms with Crippen molar-refractivity contribution >= 4 is 17.3 Å². The molecule has 0 saturated carbocycles. The van der Waals surface area contributed by atoms with Crippen molar-refractivity contribution in [3.8, 4) is 0 Å². The van der Waals surface area contributed by atoms with E-state index in [1.807, 2.05) is 36.0 Å². The molecule has 3 aromatic heterocycles. The van der Waals surface area contributed by atoms with E-state index < -0.39 is 0 Å². The van der Waals surface area contributed by atoms with E-state index in [0.29, 0.717) is 0 Å². The molecule has 0 saturated heterocycles. The molecule has 1 unspecified atom stereocenters. The van der Waals surface area contributed by atoms with E-state index in [-0.39, 0.29) is 6.04 Å². The second kappa shape index (κ2) is 5.24. The molecule has 0 amide bonds. The number of hydrogen-bond acceptors (Lipinski definition) is 5. The molecule has 20 heavy (non-hydrogen) atoms. The maximum atomic E-state index is 5.37. The Morgan fingerprint density at radius 2 is 2.35 bits per heavy atom. The summed E-state index contributed by atoms with van der Waals surface area (Å²) >= 11 is 0. The van der Waals surface area contributed by atoms with Crippen molar-refractivity contribution < 1.29 is 4.42 Å². The van der Waals surface area contributed by atoms with Crippen LogP contribution in [0.5, 0.6) is 0 Å². The zero-order chi connectivity index (χ0) is 13.9. The van der Waals surface area contributed by atoms with Gasteiger partial charge in [0, 0.05) is 31.9 Å². The van der Waals surface area contributed by atoms with E-state index >= 15 is 0 Å². The first-order chi connectivity index (χ1) is 9.76. The minimum atomic E-state index is 0.196. The first-order valence-electron chi connectivity index (χ1n) is 6.56. The van der Waals surface area contributed by atoms with E-state index in [1.54, 1.807) is 12.5 Å². The number of aromatic nitrogens is 3. The molecule has 0 aliphatic heterocycles. The van der Waals surface area contributed by atoms with Crippen molar-refractivity contribution in [2.75, 3.05) is 17.7 Å². The predicted octanol–water partition coefficient (Wildman–Crippen LogP) is 2.41. The van der Waals surface area contributed by atoms with E-state index in [2.05, 4.69) is 27.5 Å². The van der Waals surface area contributed by atoms with Gasteiger partial charge in [0.1, 0.15) is 11.6 Å². The summed E-state index contributed by atoms with van der Waals surface area (Å²) in [5.74, 6) is 2.51. The van der Waals surface area contributed by atoms with Crippen molar-refractivity contribution in [2.45, 2.75) is 19.4 Å². The van der Waals surface area contributed by atoms with Gasteiger partial charge >= 0.3 is 0 Å². The van der Waals surface area contributed by atoms with E-state index in [0.717, 1.165) is 29.5 Å². The van der Waals surface area contributed by atoms with Crippen LogP contribution in [0.15, 0.2) is 41.4 Å². The molecule has 0 bridgehead atoms. The Morgan fingerprint density at radius 1 is 1.45 bits per heavy atom. The summed E-state index contributed by atoms with van der Waals surface area (Å²) in [7, 11) is 1.85. The number of anilines is 2. The fourth-order valence-electron chi connectivity index (χ4n) is 2.16. The third-order valence-corrected chi connectivity index (χ3v) is 3.10. The molecule has 6 nitrogen and oxygen atoms in total. The molecule has 3 aromatic rings. The predicted molar refractivity (Wildman–Crippen MR) is 78.0 cm³/mol. The maximum Gasteiger partial charge on any atom is 0.180 e. The molecule has 0 aliphatic carbocycles. The van der Waals surface area contributed by atoms with E-state index in [1.165, 1.54) is 0 Å². The van der Waals surface area contributed by atoms with Gasteiger partial charge in [0.2, 0.25) is 0 Å². The van der Waals surface area contributed by atoms with Gasteiger partial charge in [-0.05, 0) is 19.1 Å². The van der Waals surface area contributed by atoms with Crippen molar-refractivity contribution in [1.82, 2.24) is 14.4 Å². The van der Waals surface area contributed by atoms with Gasteiger partial charge in [-0.25, -0.2) is 9.97 Å². The van der Waals surface area contributed by atoms with Crippen LogP contribution < -0.4 is 10.6 Å². The first-order valence-corrected chi connectivity index (χ1v) is 6.56. The van der Waals surface area contributed by atoms with Gasteiger partial charge < -0.3 is 19.5 Å². The lowest BCUT2D eigenvalue weighted by molar-refractivity contribution is 0.497. The Balaban J connectivity index is 1.84. The number of fused-ring (bicyclic) bond motifs is 1. The lowest BCUT2D eigenvalue weighted by Crippen LogP contribution is -2.19. The number of imidazole rings is 1. The Labute approximate surface area is 116 Å². The summed E-state index contributed by atoms with van der Waals surface area (Å²) in [5, 5.41) is 6.44. The second-order valence-corrected chi connectivity index (χ2v) is 4.71. The van der Waals surface area contributed by atoms with Gasteiger partial charge in [0.05, 0.1) is 12.5 Å². The summed E-state index contributed by atoms with van der Waals surface area (Å²) < 4.78 is 7.31. The SMILES string of the molecule is CNc1cn2ccnc2c(NC(C)Cc2ccco2)n1. The largest absolute Gasteiger partial charge is 0.469 e. The molecule has 6 heteroatoms. The molecule has 0 aliphatic rings. The average Bonchev–Trinajstić information content (AvgIpc) is 3.09. The van der Waals surface area contributed by atoms with Gasteiger partial charge in [0.25, 0.3) is 0 Å². The third-order valence-electron chi connectivity index (χ3n) is 3.10. The highest BCUT2D eigenvalue weighted by molar-refractivity contribution is 5.65. The van der Waals surface area contributed by atoms with Crippen molar-refractivity contribution in [3.05, 3.63) is 42.7 Å². The molecule has 3 rings (SSSR count). The van der Waals surface area contributed by atoms with E-state index in [4.69, 9.17) is 4.42 Å². The molecular weight excluding hydrogens is 254 g/mol. The summed E-state index contributed by atoms with van der Waals surface area (Å²) in [4.78, 5) is 8.86. The average molecular weight is 271 g/mol. The van der Waals surface area contributed by atoms with Gasteiger partial charge in [0.15, 0.2) is 11.5 Å². The zero-order valence-electron chi connectivity index (χ0n) is 11.5. The van der Waals surface area contributed by atoms with Crippen LogP contribution >= 0.6 is 0 Å². The normalized spacial score (nSPS) is 12.5. The van der Waals surface area contributed by atoms with Gasteiger partial charge in [-0.15, -0.1) is 0 Å². The van der Waals surface area contributed by atoms with Crippen LogP contribution in [0, 0.1) is 0 Å². The van der Waals surface area contributed by atoms with Crippen LogP contribution in [-0.2, 0) is 6.42 Å². The number of nitrogens with one attached hydrogen (secondary N) is 2. The Bertz CT molecular complexity index is 689. The lowest BCUT2D eigenvalue weighted by Gasteiger charge is -2.14. The lowest BCUT2D eigenvalue weighted by atomic mass is 10.2. The smallest absolute Gasteiger partial charge is 0.180 e. The van der Waals surface area contributed by atoms with Crippen LogP contribution in [0.4, 0.5) is 11.6 Å². The highest BCUT2D eigenvalue weighted by atomic mass is 16.3. The molecule has 2 N–H and O–H groups in total. The number of furan rings is 1. The third kappa shape index (κ3) is 2.45. The Kier molecular flexibility index (Phi) is 3.28. The molecule has 1 atom stereocenters. The summed E-state index contributed by atoms with van der Waals surface area (Å²) in [6.45, 7) is 2.09. The van der Waals surface area contributed by atoms with Gasteiger partial charge in [-0.1, -0.05) is 0 Å². The summed E-state index contributed by atoms with van der Waals surface area (Å²) in [6.07, 6.45) is 8.06. The molecule has 3 heterocycles. The fraction of sp³-hybridized carbons (Fsp3) is 0.286. The van der Waals surface area contributed by atoms with Crippen molar-refractivity contribution in [2.24, 2.45) is 0 Å². The van der Waals surface area contributed by atoms with Crippen LogP contribution in [0.2, 0.25) is 0 Å². The Morgan fingerprint density at radius 3 is 3.10 bits per heavy atom. The monoisotopic (exact) mass is 271 g/mol. The van der Waals surface area contributed by atoms with Crippen LogP contribution in [0.1, 0.15) is 12.7 Å². The minimum Gasteiger partial charge on any atom is -0.469 e. The molecule has 0 spiro atoms. The molecule has 0 aromatic carbocycles. The Hall–Kier alpha value is -2.50. The number of nitrogens with zero attached hydrogens (tertiary/aromatic N) is 3. The van der Waals surface area contributed by atoms with E-state index in [9.17, 15) is 0 Å². The van der Waals surface area contributed by atoms with Gasteiger partial charge in [-0.3, -0.25) is 0 Å². The molecule has 0 fully saturated rings. The second-order valence-electron chi connectivity index (χ2n) is 4.71. The van der Waals surface area contributed by atoms with Crippen LogP contribution in [0.25, 0.3) is 5.65 Å². The maximum absolute atomic E-state index is 5.37. The van der Waals surface area contributed by atoms with Crippen molar-refractivity contribution in [3.63, 3.8) is 0 Å². The fourth-order valence-corrected chi connectivity index (χ4v) is 2.16. The van der Waals surface area contributed by atoms with Crippen LogP contribution in [-0.4, -0.2) is 27.5 Å². The van der Waals surface area contributed by atoms with Crippen LogP contribution in [0.3, 0.4) is 0 Å². The highest BCUT2D eigenvalue weighted by Crippen LogP contribution is 2.18. The topological polar surface area (TPSA) is 67.4 Å². The quantitative estimate of drug-likeness (QED) is 0.746. The van der Waals surface area contributed by atoms with Gasteiger partial charge in [-0.2, -0.15) is 0 Å². The molecule has 104 valence electrons. The minimum absolute atomic E-state index is 0.196. The number of rotatable bonds is 5. The standard InChI is InChI=1S/C14H17N5O/c1-10(8-11-4-3-7-20-11)17-13-14-16-5-6-19(14)9-12(15-2)18-13/h3-7,9-10,15H,8H2,1-2H3,(H,17,18). The van der Waals surface area contributed by atoms with Crippen molar-refractivity contribution in [1.29, 1.82) is 0 Å². The molecular formula is C14H17N5O. The summed E-state index contributed by atoms with van der Waals surface area (Å²) in [5.41, 5.74) is 0.815.